The van der Waals surface area contributed by atoms with Crippen LogP contribution in [0.3, 0.4) is 0 Å². The van der Waals surface area contributed by atoms with Crippen molar-refractivity contribution in [2.24, 2.45) is 7.05 Å². The van der Waals surface area contributed by atoms with E-state index in [1.807, 2.05) is 0 Å². The molecule has 0 atom stereocenters. The fraction of sp³-hybridized carbons (Fsp3) is 0.278. The first-order chi connectivity index (χ1) is 14.1. The summed E-state index contributed by atoms with van der Waals surface area (Å²) < 4.78 is 43.1. The number of rotatable bonds is 5. The van der Waals surface area contributed by atoms with Crippen LogP contribution in [0.5, 0.6) is 0 Å². The molecule has 12 heteroatoms. The van der Waals surface area contributed by atoms with E-state index in [1.165, 1.54) is 25.1 Å². The van der Waals surface area contributed by atoms with Gasteiger partial charge in [-0.25, -0.2) is 4.68 Å². The molecule has 2 aromatic heterocycles. The molecule has 2 N–H and O–H groups in total. The van der Waals surface area contributed by atoms with E-state index >= 15 is 0 Å². The molecule has 1 aromatic carbocycles. The number of aromatic amines is 1. The summed E-state index contributed by atoms with van der Waals surface area (Å²) in [5.74, 6) is -0.205. The van der Waals surface area contributed by atoms with Gasteiger partial charge in [-0.05, 0) is 31.3 Å². The number of carbonyl (C=O) groups is 1. The van der Waals surface area contributed by atoms with Gasteiger partial charge in [0.1, 0.15) is 5.82 Å². The second kappa shape index (κ2) is 8.22. The molecule has 0 saturated heterocycles. The van der Waals surface area contributed by atoms with Crippen molar-refractivity contribution in [3.63, 3.8) is 0 Å². The lowest BCUT2D eigenvalue weighted by molar-refractivity contribution is -0.137. The maximum Gasteiger partial charge on any atom is 0.418 e. The summed E-state index contributed by atoms with van der Waals surface area (Å²) in [6.45, 7) is 1.56. The molecule has 2 heterocycles. The number of amides is 1. The monoisotopic (exact) mass is 438 g/mol. The zero-order valence-electron chi connectivity index (χ0n) is 15.9. The number of H-pyrrole nitrogens is 1. The summed E-state index contributed by atoms with van der Waals surface area (Å²) in [5, 5.41) is 13.1. The summed E-state index contributed by atoms with van der Waals surface area (Å²) in [7, 11) is 1.71. The van der Waals surface area contributed by atoms with Gasteiger partial charge in [0.05, 0.1) is 11.3 Å². The third-order valence-electron chi connectivity index (χ3n) is 4.37. The number of hydrogen-bond acceptors (Lipinski definition) is 5. The minimum atomic E-state index is -4.63. The van der Waals surface area contributed by atoms with Crippen LogP contribution in [0.25, 0.3) is 5.69 Å². The molecular weight excluding hydrogens is 421 g/mol. The Morgan fingerprint density at radius 1 is 1.30 bits per heavy atom. The molecule has 0 aliphatic carbocycles. The van der Waals surface area contributed by atoms with Crippen LogP contribution >= 0.6 is 12.2 Å². The Bertz CT molecular complexity index is 1210. The Kier molecular flexibility index (Phi) is 5.87. The first-order valence-corrected chi connectivity index (χ1v) is 9.16. The fourth-order valence-electron chi connectivity index (χ4n) is 2.82. The third-order valence-corrected chi connectivity index (χ3v) is 4.73. The predicted molar refractivity (Wildman–Crippen MR) is 104 cm³/mol. The number of alkyl halides is 3. The normalized spacial score (nSPS) is 11.5. The van der Waals surface area contributed by atoms with Crippen LogP contribution < -0.4 is 10.7 Å². The minimum absolute atomic E-state index is 0.125. The zero-order chi connectivity index (χ0) is 22.1. The Labute approximate surface area is 173 Å². The molecule has 0 unspecified atom stereocenters. The van der Waals surface area contributed by atoms with Gasteiger partial charge in [-0.3, -0.25) is 14.7 Å². The Balaban J connectivity index is 1.89. The number of halogens is 3. The van der Waals surface area contributed by atoms with Crippen LogP contribution in [0.2, 0.25) is 0 Å². The Hall–Kier alpha value is -3.28. The lowest BCUT2D eigenvalue weighted by Crippen LogP contribution is -2.33. The van der Waals surface area contributed by atoms with Crippen molar-refractivity contribution in [3.05, 3.63) is 68.1 Å². The van der Waals surface area contributed by atoms with E-state index in [2.05, 4.69) is 20.6 Å². The Morgan fingerprint density at radius 3 is 2.63 bits per heavy atom. The van der Waals surface area contributed by atoms with E-state index in [1.54, 1.807) is 11.6 Å². The number of hydrogen-bond donors (Lipinski definition) is 2. The summed E-state index contributed by atoms with van der Waals surface area (Å²) in [6, 6.07) is 5.87. The van der Waals surface area contributed by atoms with Gasteiger partial charge in [0.2, 0.25) is 5.43 Å². The van der Waals surface area contributed by atoms with Gasteiger partial charge in [0.25, 0.3) is 5.91 Å². The molecule has 0 radical (unpaired) electrons. The van der Waals surface area contributed by atoms with Crippen LogP contribution in [0.4, 0.5) is 13.2 Å². The van der Waals surface area contributed by atoms with Gasteiger partial charge in [0.15, 0.2) is 10.5 Å². The van der Waals surface area contributed by atoms with Crippen LogP contribution in [0.1, 0.15) is 27.6 Å². The molecule has 0 spiro atoms. The van der Waals surface area contributed by atoms with E-state index in [0.29, 0.717) is 17.0 Å². The number of carbonyl (C=O) groups excluding carboxylic acids is 1. The van der Waals surface area contributed by atoms with Crippen LogP contribution in [0, 0.1) is 11.7 Å². The lowest BCUT2D eigenvalue weighted by atomic mass is 10.1. The maximum absolute atomic E-state index is 13.4. The van der Waals surface area contributed by atoms with Crippen molar-refractivity contribution >= 4 is 18.1 Å². The van der Waals surface area contributed by atoms with Gasteiger partial charge in [-0.2, -0.15) is 23.4 Å². The van der Waals surface area contributed by atoms with Crippen molar-refractivity contribution in [3.8, 4) is 5.69 Å². The summed E-state index contributed by atoms with van der Waals surface area (Å²) in [6.07, 6.45) is -4.30. The van der Waals surface area contributed by atoms with Gasteiger partial charge in [-0.15, -0.1) is 0 Å². The predicted octanol–water partition coefficient (Wildman–Crippen LogP) is 2.32. The third kappa shape index (κ3) is 4.32. The van der Waals surface area contributed by atoms with E-state index in [-0.39, 0.29) is 17.9 Å². The second-order valence-corrected chi connectivity index (χ2v) is 6.82. The molecule has 3 aromatic rings. The van der Waals surface area contributed by atoms with Gasteiger partial charge >= 0.3 is 6.18 Å². The maximum atomic E-state index is 13.4. The van der Waals surface area contributed by atoms with Gasteiger partial charge in [0, 0.05) is 31.8 Å². The van der Waals surface area contributed by atoms with Crippen molar-refractivity contribution in [1.82, 2.24) is 29.9 Å². The van der Waals surface area contributed by atoms with Gasteiger partial charge in [-0.1, -0.05) is 12.1 Å². The standard InChI is InChI=1S/C18H17F3N6O2S/c1-10-9-13(28)15(16(29)22-8-7-14-23-24-17(30)26(14)2)25-27(10)12-6-4-3-5-11(12)18(19,20)21/h3-6,9H,7-8H2,1-2H3,(H,22,29)(H,24,30). The molecular formula is C18H17F3N6O2S. The number of aryl methyl sites for hydroxylation is 1. The van der Waals surface area contributed by atoms with Crippen molar-refractivity contribution in [2.45, 2.75) is 19.5 Å². The zero-order valence-corrected chi connectivity index (χ0v) is 16.8. The van der Waals surface area contributed by atoms with Crippen LogP contribution in [0.15, 0.2) is 35.1 Å². The molecule has 8 nitrogen and oxygen atoms in total. The highest BCUT2D eigenvalue weighted by Gasteiger charge is 2.34. The van der Waals surface area contributed by atoms with E-state index in [0.717, 1.165) is 16.8 Å². The topological polar surface area (TPSA) is 97.6 Å². The summed E-state index contributed by atoms with van der Waals surface area (Å²) in [5.41, 5.74) is -2.24. The summed E-state index contributed by atoms with van der Waals surface area (Å²) >= 11 is 5.00. The highest BCUT2D eigenvalue weighted by molar-refractivity contribution is 7.71. The molecule has 0 aliphatic rings. The highest BCUT2D eigenvalue weighted by Crippen LogP contribution is 2.33. The van der Waals surface area contributed by atoms with Crippen molar-refractivity contribution in [2.75, 3.05) is 6.54 Å². The first-order valence-electron chi connectivity index (χ1n) is 8.75. The molecule has 0 saturated carbocycles. The first kappa shape index (κ1) is 21.4. The van der Waals surface area contributed by atoms with Gasteiger partial charge < -0.3 is 9.88 Å². The molecule has 3 rings (SSSR count). The average molecular weight is 438 g/mol. The molecule has 1 amide bonds. The number of para-hydroxylation sites is 1. The Morgan fingerprint density at radius 2 is 2.00 bits per heavy atom. The van der Waals surface area contributed by atoms with E-state index in [4.69, 9.17) is 12.2 Å². The fourth-order valence-corrected chi connectivity index (χ4v) is 2.97. The number of nitrogens with one attached hydrogen (secondary N) is 2. The summed E-state index contributed by atoms with van der Waals surface area (Å²) in [4.78, 5) is 24.7. The molecule has 158 valence electrons. The quantitative estimate of drug-likeness (QED) is 0.596. The number of nitrogens with zero attached hydrogens (tertiary/aromatic N) is 4. The molecule has 0 aliphatic heterocycles. The largest absolute Gasteiger partial charge is 0.418 e. The molecule has 30 heavy (non-hydrogen) atoms. The van der Waals surface area contributed by atoms with Crippen LogP contribution in [-0.4, -0.2) is 37.0 Å². The SMILES string of the molecule is Cc1cc(=O)c(C(=O)NCCc2n[nH]c(=S)n2C)nn1-c1ccccc1C(F)(F)F. The van der Waals surface area contributed by atoms with E-state index in [9.17, 15) is 22.8 Å². The molecule has 0 bridgehead atoms. The molecule has 0 fully saturated rings. The lowest BCUT2D eigenvalue weighted by Gasteiger charge is -2.16. The second-order valence-electron chi connectivity index (χ2n) is 6.44. The smallest absolute Gasteiger partial charge is 0.350 e. The van der Waals surface area contributed by atoms with Crippen molar-refractivity contribution in [1.29, 1.82) is 0 Å². The van der Waals surface area contributed by atoms with Crippen molar-refractivity contribution < 1.29 is 18.0 Å². The average Bonchev–Trinajstić information content (AvgIpc) is 2.99. The van der Waals surface area contributed by atoms with E-state index < -0.39 is 28.8 Å². The highest BCUT2D eigenvalue weighted by atomic mass is 32.1. The minimum Gasteiger partial charge on any atom is -0.350 e. The number of benzene rings is 1. The van der Waals surface area contributed by atoms with Crippen LogP contribution in [-0.2, 0) is 19.6 Å². The number of aromatic nitrogens is 5.